The van der Waals surface area contributed by atoms with Crippen molar-refractivity contribution in [2.75, 3.05) is 5.73 Å². The third kappa shape index (κ3) is 1.51. The van der Waals surface area contributed by atoms with Gasteiger partial charge in [-0.05, 0) is 31.4 Å². The van der Waals surface area contributed by atoms with Crippen molar-refractivity contribution in [1.29, 1.82) is 0 Å². The van der Waals surface area contributed by atoms with E-state index in [4.69, 9.17) is 10.3 Å². The van der Waals surface area contributed by atoms with Gasteiger partial charge in [0.25, 0.3) is 5.89 Å². The van der Waals surface area contributed by atoms with Gasteiger partial charge in [-0.1, -0.05) is 11.6 Å². The van der Waals surface area contributed by atoms with E-state index in [1.165, 1.54) is 30.6 Å². The topological polar surface area (TPSA) is 64.9 Å². The number of thiophene rings is 1. The predicted octanol–water partition coefficient (Wildman–Crippen LogP) is 2.96. The number of hydrogen-bond acceptors (Lipinski definition) is 5. The minimum Gasteiger partial charge on any atom is -0.391 e. The lowest BCUT2D eigenvalue weighted by Crippen LogP contribution is -2.10. The van der Waals surface area contributed by atoms with Crippen LogP contribution in [0.15, 0.2) is 10.6 Å². The lowest BCUT2D eigenvalue weighted by atomic mass is 9.85. The molecule has 2 aromatic heterocycles. The van der Waals surface area contributed by atoms with Gasteiger partial charge in [0.15, 0.2) is 5.82 Å². The normalized spacial score (nSPS) is 16.3. The van der Waals surface area contributed by atoms with Gasteiger partial charge in [0, 0.05) is 5.92 Å². The van der Waals surface area contributed by atoms with Crippen molar-refractivity contribution in [2.45, 2.75) is 32.1 Å². The summed E-state index contributed by atoms with van der Waals surface area (Å²) < 4.78 is 5.30. The van der Waals surface area contributed by atoms with E-state index < -0.39 is 0 Å². The molecule has 0 aromatic carbocycles. The summed E-state index contributed by atoms with van der Waals surface area (Å²) in [7, 11) is 0. The van der Waals surface area contributed by atoms with Crippen LogP contribution in [0.2, 0.25) is 0 Å². The van der Waals surface area contributed by atoms with Crippen LogP contribution in [0.1, 0.15) is 36.6 Å². The molecule has 1 saturated carbocycles. The van der Waals surface area contributed by atoms with Crippen molar-refractivity contribution in [3.63, 3.8) is 0 Å². The molecular weight excluding hydrogens is 222 g/mol. The highest BCUT2D eigenvalue weighted by atomic mass is 32.1. The number of nitrogens with zero attached hydrogens (tertiary/aromatic N) is 2. The summed E-state index contributed by atoms with van der Waals surface area (Å²) in [6, 6.07) is 1.94. The molecule has 0 atom stereocenters. The summed E-state index contributed by atoms with van der Waals surface area (Å²) in [5, 5.41) is 4.83. The minimum atomic E-state index is 0.509. The first-order valence-electron chi connectivity index (χ1n) is 5.44. The molecule has 0 saturated heterocycles. The molecule has 2 N–H and O–H groups in total. The van der Waals surface area contributed by atoms with Crippen LogP contribution in [0.3, 0.4) is 0 Å². The fourth-order valence-electron chi connectivity index (χ4n) is 1.88. The van der Waals surface area contributed by atoms with Crippen LogP contribution in [0.4, 0.5) is 5.00 Å². The molecule has 1 aliphatic carbocycles. The standard InChI is InChI=1S/C11H13N3OS/c1-6-5-8(12)16-9(6)11-13-10(14-15-11)7-3-2-4-7/h5,7H,2-4,12H2,1H3. The van der Waals surface area contributed by atoms with Gasteiger partial charge < -0.3 is 10.3 Å². The Kier molecular flexibility index (Phi) is 2.21. The van der Waals surface area contributed by atoms with Crippen LogP contribution in [0.25, 0.3) is 10.8 Å². The van der Waals surface area contributed by atoms with E-state index in [9.17, 15) is 0 Å². The molecule has 0 amide bonds. The maximum absolute atomic E-state index is 5.75. The quantitative estimate of drug-likeness (QED) is 0.869. The van der Waals surface area contributed by atoms with Gasteiger partial charge in [0.05, 0.1) is 9.88 Å². The van der Waals surface area contributed by atoms with E-state index in [0.29, 0.717) is 11.8 Å². The largest absolute Gasteiger partial charge is 0.391 e. The first-order valence-corrected chi connectivity index (χ1v) is 6.25. The van der Waals surface area contributed by atoms with E-state index >= 15 is 0 Å². The SMILES string of the molecule is Cc1cc(N)sc1-c1nc(C2CCC2)no1. The van der Waals surface area contributed by atoms with Gasteiger partial charge in [0.2, 0.25) is 0 Å². The smallest absolute Gasteiger partial charge is 0.268 e. The molecule has 0 radical (unpaired) electrons. The van der Waals surface area contributed by atoms with E-state index in [-0.39, 0.29) is 0 Å². The van der Waals surface area contributed by atoms with E-state index in [2.05, 4.69) is 10.1 Å². The molecule has 2 heterocycles. The number of aromatic nitrogens is 2. The Morgan fingerprint density at radius 2 is 2.31 bits per heavy atom. The molecule has 0 aliphatic heterocycles. The van der Waals surface area contributed by atoms with E-state index in [0.717, 1.165) is 21.3 Å². The van der Waals surface area contributed by atoms with Crippen molar-refractivity contribution in [2.24, 2.45) is 0 Å². The zero-order valence-corrected chi connectivity index (χ0v) is 9.88. The van der Waals surface area contributed by atoms with Crippen LogP contribution >= 0.6 is 11.3 Å². The Morgan fingerprint density at radius 3 is 2.88 bits per heavy atom. The molecule has 16 heavy (non-hydrogen) atoms. The molecule has 0 spiro atoms. The fraction of sp³-hybridized carbons (Fsp3) is 0.455. The summed E-state index contributed by atoms with van der Waals surface area (Å²) in [6.45, 7) is 2.01. The molecule has 3 rings (SSSR count). The molecule has 1 fully saturated rings. The van der Waals surface area contributed by atoms with Gasteiger partial charge in [-0.25, -0.2) is 0 Å². The second kappa shape index (κ2) is 3.59. The number of aryl methyl sites for hydroxylation is 1. The molecule has 4 nitrogen and oxygen atoms in total. The van der Waals surface area contributed by atoms with Crippen molar-refractivity contribution in [3.05, 3.63) is 17.5 Å². The third-order valence-corrected chi connectivity index (χ3v) is 4.10. The average molecular weight is 235 g/mol. The lowest BCUT2D eigenvalue weighted by molar-refractivity contribution is 0.366. The van der Waals surface area contributed by atoms with Crippen LogP contribution in [0.5, 0.6) is 0 Å². The highest BCUT2D eigenvalue weighted by molar-refractivity contribution is 7.19. The highest BCUT2D eigenvalue weighted by Gasteiger charge is 2.25. The second-order valence-corrected chi connectivity index (χ2v) is 5.33. The van der Waals surface area contributed by atoms with Gasteiger partial charge in [0.1, 0.15) is 0 Å². The summed E-state index contributed by atoms with van der Waals surface area (Å²) in [4.78, 5) is 5.45. The van der Waals surface area contributed by atoms with Gasteiger partial charge in [-0.3, -0.25) is 0 Å². The Hall–Kier alpha value is -1.36. The summed E-state index contributed by atoms with van der Waals surface area (Å²) in [6.07, 6.45) is 3.65. The summed E-state index contributed by atoms with van der Waals surface area (Å²) >= 11 is 1.50. The highest BCUT2D eigenvalue weighted by Crippen LogP contribution is 2.37. The van der Waals surface area contributed by atoms with Gasteiger partial charge in [-0.2, -0.15) is 4.98 Å². The van der Waals surface area contributed by atoms with Gasteiger partial charge in [-0.15, -0.1) is 11.3 Å². The number of anilines is 1. The minimum absolute atomic E-state index is 0.509. The maximum Gasteiger partial charge on any atom is 0.268 e. The molecule has 0 bridgehead atoms. The molecule has 2 aromatic rings. The zero-order valence-electron chi connectivity index (χ0n) is 9.06. The molecule has 1 aliphatic rings. The fourth-order valence-corrected chi connectivity index (χ4v) is 2.74. The van der Waals surface area contributed by atoms with Crippen LogP contribution in [-0.4, -0.2) is 10.1 Å². The van der Waals surface area contributed by atoms with Crippen molar-refractivity contribution in [1.82, 2.24) is 10.1 Å². The van der Waals surface area contributed by atoms with Crippen molar-refractivity contribution >= 4 is 16.3 Å². The maximum atomic E-state index is 5.75. The van der Waals surface area contributed by atoms with Crippen LogP contribution in [0, 0.1) is 6.92 Å². The van der Waals surface area contributed by atoms with Crippen molar-refractivity contribution < 1.29 is 4.52 Å². The Labute approximate surface area is 97.5 Å². The van der Waals surface area contributed by atoms with E-state index in [1.807, 2.05) is 13.0 Å². The Morgan fingerprint density at radius 1 is 1.50 bits per heavy atom. The molecule has 84 valence electrons. The number of nitrogens with two attached hydrogens (primary N) is 1. The van der Waals surface area contributed by atoms with Crippen LogP contribution in [-0.2, 0) is 0 Å². The first-order chi connectivity index (χ1) is 7.74. The first kappa shape index (κ1) is 9.84. The number of rotatable bonds is 2. The Bertz CT molecular complexity index is 513. The number of nitrogen functional groups attached to an aromatic ring is 1. The monoisotopic (exact) mass is 235 g/mol. The summed E-state index contributed by atoms with van der Waals surface area (Å²) in [5.74, 6) is 1.98. The zero-order chi connectivity index (χ0) is 11.1. The molecule has 0 unspecified atom stereocenters. The second-order valence-electron chi connectivity index (χ2n) is 4.25. The third-order valence-electron chi connectivity index (χ3n) is 3.04. The van der Waals surface area contributed by atoms with Crippen molar-refractivity contribution in [3.8, 4) is 10.8 Å². The summed E-state index contributed by atoms with van der Waals surface area (Å²) in [5.41, 5.74) is 6.85. The van der Waals surface area contributed by atoms with E-state index in [1.54, 1.807) is 0 Å². The van der Waals surface area contributed by atoms with Crippen LogP contribution < -0.4 is 5.73 Å². The molecular formula is C11H13N3OS. The molecule has 5 heteroatoms. The van der Waals surface area contributed by atoms with Gasteiger partial charge >= 0.3 is 0 Å². The number of hydrogen-bond donors (Lipinski definition) is 1. The Balaban J connectivity index is 1.94. The predicted molar refractivity (Wildman–Crippen MR) is 63.4 cm³/mol. The average Bonchev–Trinajstić information content (AvgIpc) is 2.70. The lowest BCUT2D eigenvalue weighted by Gasteiger charge is -2.20.